The molecule has 1 aromatic heterocycles. The van der Waals surface area contributed by atoms with Crippen LogP contribution in [-0.4, -0.2) is 18.5 Å². The summed E-state index contributed by atoms with van der Waals surface area (Å²) in [6, 6.07) is 19.4. The molecule has 0 fully saturated rings. The number of hydrogen-bond donors (Lipinski definition) is 2. The van der Waals surface area contributed by atoms with Crippen LogP contribution in [0.1, 0.15) is 28.8 Å². The molecule has 0 saturated heterocycles. The van der Waals surface area contributed by atoms with E-state index in [0.717, 1.165) is 41.1 Å². The second kappa shape index (κ2) is 9.59. The molecule has 6 heteroatoms. The summed E-state index contributed by atoms with van der Waals surface area (Å²) >= 11 is 1.63. The number of carbonyl (C=O) groups excluding carboxylic acids is 2. The van der Waals surface area contributed by atoms with Crippen molar-refractivity contribution < 1.29 is 9.59 Å². The molecule has 30 heavy (non-hydrogen) atoms. The highest BCUT2D eigenvalue weighted by Gasteiger charge is 2.20. The Hall–Kier alpha value is -3.12. The Kier molecular flexibility index (Phi) is 6.44. The number of fused-ring (bicyclic) bond motifs is 1. The van der Waals surface area contributed by atoms with Crippen molar-refractivity contribution in [2.24, 2.45) is 0 Å². The summed E-state index contributed by atoms with van der Waals surface area (Å²) in [4.78, 5) is 28.0. The summed E-state index contributed by atoms with van der Waals surface area (Å²) < 4.78 is 0. The Bertz CT molecular complexity index is 1000. The van der Waals surface area contributed by atoms with E-state index < -0.39 is 0 Å². The summed E-state index contributed by atoms with van der Waals surface area (Å²) in [5, 5.41) is 7.92. The molecular weight excluding hydrogens is 394 g/mol. The summed E-state index contributed by atoms with van der Waals surface area (Å²) in [6.45, 7) is 1.27. The molecule has 1 aliphatic heterocycles. The van der Waals surface area contributed by atoms with Gasteiger partial charge in [-0.1, -0.05) is 36.4 Å². The normalized spacial score (nSPS) is 13.3. The van der Waals surface area contributed by atoms with Crippen LogP contribution in [0.4, 0.5) is 16.2 Å². The van der Waals surface area contributed by atoms with E-state index in [0.29, 0.717) is 19.5 Å². The zero-order valence-corrected chi connectivity index (χ0v) is 17.6. The van der Waals surface area contributed by atoms with Crippen LogP contribution in [0.3, 0.4) is 0 Å². The van der Waals surface area contributed by atoms with Crippen LogP contribution in [0.25, 0.3) is 0 Å². The maximum absolute atomic E-state index is 12.9. The van der Waals surface area contributed by atoms with Gasteiger partial charge in [-0.05, 0) is 60.0 Å². The number of anilines is 2. The third-order valence-electron chi connectivity index (χ3n) is 5.22. The Balaban J connectivity index is 1.34. The predicted molar refractivity (Wildman–Crippen MR) is 122 cm³/mol. The van der Waals surface area contributed by atoms with Crippen LogP contribution < -0.4 is 15.5 Å². The minimum Gasteiger partial charge on any atom is -0.351 e. The quantitative estimate of drug-likeness (QED) is 0.613. The van der Waals surface area contributed by atoms with Crippen molar-refractivity contribution in [1.29, 1.82) is 0 Å². The number of urea groups is 1. The van der Waals surface area contributed by atoms with Gasteiger partial charge in [-0.25, -0.2) is 4.79 Å². The lowest BCUT2D eigenvalue weighted by Crippen LogP contribution is -2.35. The average Bonchev–Trinajstić information content (AvgIpc) is 3.19. The Morgan fingerprint density at radius 1 is 0.967 bits per heavy atom. The molecule has 0 unspecified atom stereocenters. The Labute approximate surface area is 180 Å². The molecule has 0 radical (unpaired) electrons. The van der Waals surface area contributed by atoms with E-state index in [1.807, 2.05) is 64.9 Å². The number of amides is 3. The number of para-hydroxylation sites is 1. The second-order valence-electron chi connectivity index (χ2n) is 7.40. The van der Waals surface area contributed by atoms with Crippen molar-refractivity contribution in [2.45, 2.75) is 32.2 Å². The minimum absolute atomic E-state index is 0.0126. The third kappa shape index (κ3) is 5.07. The van der Waals surface area contributed by atoms with Gasteiger partial charge in [0.15, 0.2) is 0 Å². The molecule has 3 amide bonds. The van der Waals surface area contributed by atoms with Gasteiger partial charge in [-0.2, -0.15) is 0 Å². The molecule has 5 nitrogen and oxygen atoms in total. The van der Waals surface area contributed by atoms with Crippen molar-refractivity contribution in [3.05, 3.63) is 82.0 Å². The molecule has 3 aromatic rings. The van der Waals surface area contributed by atoms with Gasteiger partial charge in [0.05, 0.1) is 13.0 Å². The monoisotopic (exact) mass is 419 g/mol. The zero-order chi connectivity index (χ0) is 20.8. The third-order valence-corrected chi connectivity index (χ3v) is 6.09. The maximum atomic E-state index is 12.9. The molecule has 2 N–H and O–H groups in total. The first-order valence-corrected chi connectivity index (χ1v) is 11.1. The van der Waals surface area contributed by atoms with Crippen molar-refractivity contribution in [3.63, 3.8) is 0 Å². The molecule has 1 aliphatic rings. The smallest absolute Gasteiger partial charge is 0.326 e. The fourth-order valence-corrected chi connectivity index (χ4v) is 4.29. The summed E-state index contributed by atoms with van der Waals surface area (Å²) in [5.41, 5.74) is 3.85. The summed E-state index contributed by atoms with van der Waals surface area (Å²) in [7, 11) is 0. The van der Waals surface area contributed by atoms with Crippen molar-refractivity contribution in [3.8, 4) is 0 Å². The molecule has 0 atom stereocenters. The van der Waals surface area contributed by atoms with Crippen molar-refractivity contribution >= 4 is 34.6 Å². The van der Waals surface area contributed by atoms with E-state index in [9.17, 15) is 9.59 Å². The van der Waals surface area contributed by atoms with Crippen molar-refractivity contribution in [2.75, 3.05) is 16.8 Å². The molecule has 0 bridgehead atoms. The van der Waals surface area contributed by atoms with Gasteiger partial charge >= 0.3 is 6.03 Å². The minimum atomic E-state index is -0.120. The molecule has 2 aromatic carbocycles. The van der Waals surface area contributed by atoms with Crippen LogP contribution in [0.15, 0.2) is 66.0 Å². The highest BCUT2D eigenvalue weighted by molar-refractivity contribution is 7.09. The van der Waals surface area contributed by atoms with E-state index >= 15 is 0 Å². The molecule has 154 valence electrons. The first-order valence-electron chi connectivity index (χ1n) is 10.2. The highest BCUT2D eigenvalue weighted by Crippen LogP contribution is 2.26. The van der Waals surface area contributed by atoms with E-state index in [1.54, 1.807) is 11.3 Å². The van der Waals surface area contributed by atoms with Gasteiger partial charge in [0, 0.05) is 22.8 Å². The topological polar surface area (TPSA) is 61.4 Å². The van der Waals surface area contributed by atoms with Gasteiger partial charge in [-0.15, -0.1) is 11.3 Å². The van der Waals surface area contributed by atoms with Gasteiger partial charge in [0.1, 0.15) is 0 Å². The fraction of sp³-hybridized carbons (Fsp3) is 0.250. The Morgan fingerprint density at radius 3 is 2.60 bits per heavy atom. The number of carbonyl (C=O) groups is 2. The van der Waals surface area contributed by atoms with Crippen LogP contribution in [0.2, 0.25) is 0 Å². The lowest BCUT2D eigenvalue weighted by Gasteiger charge is -2.23. The van der Waals surface area contributed by atoms with Gasteiger partial charge < -0.3 is 10.6 Å². The Morgan fingerprint density at radius 2 is 1.80 bits per heavy atom. The van der Waals surface area contributed by atoms with Crippen LogP contribution in [-0.2, 0) is 24.2 Å². The lowest BCUT2D eigenvalue weighted by atomic mass is 10.1. The number of rotatable bonds is 5. The number of thiophene rings is 1. The SMILES string of the molecule is O=C(Cc1ccc(NC(=O)N2CCCCc3ccccc32)cc1)NCc1cccs1. The van der Waals surface area contributed by atoms with E-state index in [-0.39, 0.29) is 11.9 Å². The fourth-order valence-electron chi connectivity index (χ4n) is 3.65. The molecule has 2 heterocycles. The number of nitrogens with zero attached hydrogens (tertiary/aromatic N) is 1. The van der Waals surface area contributed by atoms with E-state index in [2.05, 4.69) is 16.7 Å². The molecule has 4 rings (SSSR count). The number of nitrogens with one attached hydrogen (secondary N) is 2. The summed E-state index contributed by atoms with van der Waals surface area (Å²) in [5.74, 6) is -0.0126. The average molecular weight is 420 g/mol. The van der Waals surface area contributed by atoms with Gasteiger partial charge in [0.2, 0.25) is 5.91 Å². The number of aryl methyl sites for hydroxylation is 1. The van der Waals surface area contributed by atoms with E-state index in [4.69, 9.17) is 0 Å². The standard InChI is InChI=1S/C24H25N3O2S/c28-23(25-17-21-8-5-15-30-21)16-18-10-12-20(13-11-18)26-24(29)27-14-4-3-7-19-6-1-2-9-22(19)27/h1-2,5-6,8-13,15H,3-4,7,14,16-17H2,(H,25,28)(H,26,29). The zero-order valence-electron chi connectivity index (χ0n) is 16.8. The highest BCUT2D eigenvalue weighted by atomic mass is 32.1. The van der Waals surface area contributed by atoms with Gasteiger partial charge in [0.25, 0.3) is 0 Å². The second-order valence-corrected chi connectivity index (χ2v) is 8.43. The first kappa shape index (κ1) is 20.2. The maximum Gasteiger partial charge on any atom is 0.326 e. The van der Waals surface area contributed by atoms with Crippen LogP contribution in [0.5, 0.6) is 0 Å². The predicted octanol–water partition coefficient (Wildman–Crippen LogP) is 4.98. The molecule has 0 aliphatic carbocycles. The lowest BCUT2D eigenvalue weighted by molar-refractivity contribution is -0.120. The molecule has 0 saturated carbocycles. The number of hydrogen-bond acceptors (Lipinski definition) is 3. The number of benzene rings is 2. The first-order chi connectivity index (χ1) is 14.7. The molecule has 0 spiro atoms. The largest absolute Gasteiger partial charge is 0.351 e. The van der Waals surface area contributed by atoms with Crippen LogP contribution in [0, 0.1) is 0 Å². The molecular formula is C24H25N3O2S. The van der Waals surface area contributed by atoms with Gasteiger partial charge in [-0.3, -0.25) is 9.69 Å². The van der Waals surface area contributed by atoms with Crippen LogP contribution >= 0.6 is 11.3 Å². The van der Waals surface area contributed by atoms with E-state index in [1.165, 1.54) is 5.56 Å². The summed E-state index contributed by atoms with van der Waals surface area (Å²) in [6.07, 6.45) is 3.40. The van der Waals surface area contributed by atoms with Crippen molar-refractivity contribution in [1.82, 2.24) is 5.32 Å².